The Bertz CT molecular complexity index is 1090. The minimum atomic E-state index is -0.0211. The van der Waals surface area contributed by atoms with E-state index in [0.29, 0.717) is 12.3 Å². The molecule has 6 nitrogen and oxygen atoms in total. The fourth-order valence-electron chi connectivity index (χ4n) is 3.02. The number of amides is 1. The molecule has 4 aromatic rings. The van der Waals surface area contributed by atoms with Crippen LogP contribution >= 0.6 is 11.8 Å². The minimum Gasteiger partial charge on any atom is -0.351 e. The van der Waals surface area contributed by atoms with Crippen LogP contribution in [-0.4, -0.2) is 31.0 Å². The number of rotatable bonds is 7. The highest BCUT2D eigenvalue weighted by molar-refractivity contribution is 7.99. The molecule has 0 aliphatic carbocycles. The SMILES string of the molecule is CCn1c(SCC(=O)NCc2cnn(-c3ccccc3)c2)nc2ccccc21. The van der Waals surface area contributed by atoms with Crippen LogP contribution in [0.5, 0.6) is 0 Å². The zero-order chi connectivity index (χ0) is 19.3. The summed E-state index contributed by atoms with van der Waals surface area (Å²) in [5.41, 5.74) is 4.01. The van der Waals surface area contributed by atoms with Crippen LogP contribution in [0.15, 0.2) is 72.1 Å². The Kier molecular flexibility index (Phi) is 5.43. The minimum absolute atomic E-state index is 0.0211. The van der Waals surface area contributed by atoms with E-state index in [2.05, 4.69) is 33.0 Å². The molecule has 2 aromatic heterocycles. The molecule has 0 radical (unpaired) electrons. The van der Waals surface area contributed by atoms with Gasteiger partial charge in [0.25, 0.3) is 0 Å². The molecular weight excluding hydrogens is 370 g/mol. The molecule has 0 atom stereocenters. The molecule has 0 saturated heterocycles. The van der Waals surface area contributed by atoms with Gasteiger partial charge in [0.2, 0.25) is 5.91 Å². The van der Waals surface area contributed by atoms with Crippen molar-refractivity contribution in [1.29, 1.82) is 0 Å². The van der Waals surface area contributed by atoms with Gasteiger partial charge in [-0.1, -0.05) is 42.1 Å². The molecule has 0 unspecified atom stereocenters. The molecule has 0 aliphatic rings. The molecule has 0 aliphatic heterocycles. The average molecular weight is 392 g/mol. The van der Waals surface area contributed by atoms with Crippen molar-refractivity contribution in [1.82, 2.24) is 24.6 Å². The Morgan fingerprint density at radius 3 is 2.71 bits per heavy atom. The second-order valence-electron chi connectivity index (χ2n) is 6.32. The van der Waals surface area contributed by atoms with Crippen LogP contribution in [0.25, 0.3) is 16.7 Å². The molecule has 28 heavy (non-hydrogen) atoms. The number of carbonyl (C=O) groups excluding carboxylic acids is 1. The first-order valence-corrected chi connectivity index (χ1v) is 10.2. The van der Waals surface area contributed by atoms with Gasteiger partial charge in [-0.2, -0.15) is 5.10 Å². The molecule has 0 bridgehead atoms. The number of para-hydroxylation sites is 3. The Morgan fingerprint density at radius 2 is 1.89 bits per heavy atom. The van der Waals surface area contributed by atoms with Crippen molar-refractivity contribution in [2.75, 3.05) is 5.75 Å². The third kappa shape index (κ3) is 3.94. The van der Waals surface area contributed by atoms with Gasteiger partial charge in [0.1, 0.15) is 0 Å². The molecule has 142 valence electrons. The third-order valence-electron chi connectivity index (χ3n) is 4.41. The molecule has 0 fully saturated rings. The second kappa shape index (κ2) is 8.31. The standard InChI is InChI=1S/C21H21N5OS/c1-2-25-19-11-7-6-10-18(19)24-21(25)28-15-20(27)22-12-16-13-23-26(14-16)17-8-4-3-5-9-17/h3-11,13-14H,2,12,15H2,1H3,(H,22,27). The van der Waals surface area contributed by atoms with Crippen LogP contribution in [0.4, 0.5) is 0 Å². The zero-order valence-electron chi connectivity index (χ0n) is 15.6. The molecule has 4 rings (SSSR count). The van der Waals surface area contributed by atoms with E-state index in [1.54, 1.807) is 10.9 Å². The van der Waals surface area contributed by atoms with Crippen LogP contribution in [-0.2, 0) is 17.9 Å². The van der Waals surface area contributed by atoms with Crippen molar-refractivity contribution in [3.05, 3.63) is 72.6 Å². The Morgan fingerprint density at radius 1 is 1.11 bits per heavy atom. The first-order chi connectivity index (χ1) is 13.7. The summed E-state index contributed by atoms with van der Waals surface area (Å²) in [5, 5.41) is 8.18. The summed E-state index contributed by atoms with van der Waals surface area (Å²) in [6.07, 6.45) is 3.70. The first kappa shape index (κ1) is 18.3. The number of carbonyl (C=O) groups is 1. The maximum Gasteiger partial charge on any atom is 0.230 e. The first-order valence-electron chi connectivity index (χ1n) is 9.18. The van der Waals surface area contributed by atoms with Crippen molar-refractivity contribution in [2.45, 2.75) is 25.2 Å². The number of fused-ring (bicyclic) bond motifs is 1. The topological polar surface area (TPSA) is 64.7 Å². The fourth-order valence-corrected chi connectivity index (χ4v) is 3.93. The van der Waals surface area contributed by atoms with Gasteiger partial charge >= 0.3 is 0 Å². The summed E-state index contributed by atoms with van der Waals surface area (Å²) >= 11 is 1.46. The molecule has 7 heteroatoms. The highest BCUT2D eigenvalue weighted by atomic mass is 32.2. The normalized spacial score (nSPS) is 11.0. The Labute approximate surface area is 167 Å². The third-order valence-corrected chi connectivity index (χ3v) is 5.39. The monoisotopic (exact) mass is 391 g/mol. The molecule has 0 saturated carbocycles. The van der Waals surface area contributed by atoms with E-state index in [1.807, 2.05) is 54.7 Å². The zero-order valence-corrected chi connectivity index (χ0v) is 16.4. The molecule has 1 amide bonds. The Hall–Kier alpha value is -3.06. The van der Waals surface area contributed by atoms with Gasteiger partial charge in [0.15, 0.2) is 5.16 Å². The summed E-state index contributed by atoms with van der Waals surface area (Å²) in [4.78, 5) is 16.9. The summed E-state index contributed by atoms with van der Waals surface area (Å²) in [6.45, 7) is 3.36. The highest BCUT2D eigenvalue weighted by Gasteiger charge is 2.12. The van der Waals surface area contributed by atoms with Crippen molar-refractivity contribution in [2.24, 2.45) is 0 Å². The van der Waals surface area contributed by atoms with Crippen molar-refractivity contribution in [3.8, 4) is 5.69 Å². The lowest BCUT2D eigenvalue weighted by molar-refractivity contribution is -0.118. The van der Waals surface area contributed by atoms with E-state index < -0.39 is 0 Å². The predicted octanol–water partition coefficient (Wildman–Crippen LogP) is 3.65. The maximum absolute atomic E-state index is 12.3. The highest BCUT2D eigenvalue weighted by Crippen LogP contribution is 2.23. The van der Waals surface area contributed by atoms with E-state index in [9.17, 15) is 4.79 Å². The van der Waals surface area contributed by atoms with E-state index in [1.165, 1.54) is 11.8 Å². The number of hydrogen-bond acceptors (Lipinski definition) is 4. The van der Waals surface area contributed by atoms with Gasteiger partial charge in [-0.3, -0.25) is 4.79 Å². The van der Waals surface area contributed by atoms with Crippen LogP contribution < -0.4 is 5.32 Å². The summed E-state index contributed by atoms with van der Waals surface area (Å²) < 4.78 is 3.94. The number of nitrogens with zero attached hydrogens (tertiary/aromatic N) is 4. The van der Waals surface area contributed by atoms with Gasteiger partial charge < -0.3 is 9.88 Å². The quantitative estimate of drug-likeness (QED) is 0.489. The fraction of sp³-hybridized carbons (Fsp3) is 0.190. The number of hydrogen-bond donors (Lipinski definition) is 1. The lowest BCUT2D eigenvalue weighted by Crippen LogP contribution is -2.24. The summed E-state index contributed by atoms with van der Waals surface area (Å²) in [5.74, 6) is 0.308. The second-order valence-corrected chi connectivity index (χ2v) is 7.26. The number of aromatic nitrogens is 4. The smallest absolute Gasteiger partial charge is 0.230 e. The number of benzene rings is 2. The molecule has 2 aromatic carbocycles. The lowest BCUT2D eigenvalue weighted by Gasteiger charge is -2.06. The van der Waals surface area contributed by atoms with E-state index in [-0.39, 0.29) is 5.91 Å². The van der Waals surface area contributed by atoms with Gasteiger partial charge in [0, 0.05) is 24.8 Å². The predicted molar refractivity (Wildman–Crippen MR) is 112 cm³/mol. The number of aryl methyl sites for hydroxylation is 1. The number of imidazole rings is 1. The van der Waals surface area contributed by atoms with E-state index in [0.717, 1.165) is 34.0 Å². The van der Waals surface area contributed by atoms with Gasteiger partial charge in [0.05, 0.1) is 28.7 Å². The molecule has 0 spiro atoms. The summed E-state index contributed by atoms with van der Waals surface area (Å²) in [7, 11) is 0. The van der Waals surface area contributed by atoms with Crippen LogP contribution in [0, 0.1) is 0 Å². The molecular formula is C21H21N5OS. The van der Waals surface area contributed by atoms with Crippen LogP contribution in [0.1, 0.15) is 12.5 Å². The molecule has 2 heterocycles. The van der Waals surface area contributed by atoms with Crippen LogP contribution in [0.2, 0.25) is 0 Å². The Balaban J connectivity index is 1.34. The van der Waals surface area contributed by atoms with Crippen molar-refractivity contribution < 1.29 is 4.79 Å². The summed E-state index contributed by atoms with van der Waals surface area (Å²) in [6, 6.07) is 17.9. The largest absolute Gasteiger partial charge is 0.351 e. The van der Waals surface area contributed by atoms with E-state index >= 15 is 0 Å². The lowest BCUT2D eigenvalue weighted by atomic mass is 10.3. The maximum atomic E-state index is 12.3. The van der Waals surface area contributed by atoms with Crippen molar-refractivity contribution in [3.63, 3.8) is 0 Å². The average Bonchev–Trinajstić information content (AvgIpc) is 3.35. The van der Waals surface area contributed by atoms with Gasteiger partial charge in [-0.05, 0) is 31.2 Å². The van der Waals surface area contributed by atoms with Gasteiger partial charge in [-0.25, -0.2) is 9.67 Å². The molecule has 1 N–H and O–H groups in total. The number of thioether (sulfide) groups is 1. The number of nitrogens with one attached hydrogen (secondary N) is 1. The van der Waals surface area contributed by atoms with Crippen molar-refractivity contribution >= 4 is 28.7 Å². The van der Waals surface area contributed by atoms with E-state index in [4.69, 9.17) is 0 Å². The van der Waals surface area contributed by atoms with Crippen LogP contribution in [0.3, 0.4) is 0 Å². The van der Waals surface area contributed by atoms with Gasteiger partial charge in [-0.15, -0.1) is 0 Å².